The van der Waals surface area contributed by atoms with Crippen molar-refractivity contribution in [1.82, 2.24) is 58.0 Å². The second-order valence-corrected chi connectivity index (χ2v) is 39.9. The number of carbonyl (C=O) groups is 4. The van der Waals surface area contributed by atoms with Crippen LogP contribution in [0.5, 0.6) is 23.5 Å². The van der Waals surface area contributed by atoms with Gasteiger partial charge in [0.25, 0.3) is 45.9 Å². The van der Waals surface area contributed by atoms with Gasteiger partial charge in [-0.05, 0) is 230 Å². The molecule has 674 valence electrons. The first-order valence-electron chi connectivity index (χ1n) is 41.7. The van der Waals surface area contributed by atoms with E-state index in [1.54, 1.807) is 26.4 Å². The molecule has 4 aromatic heterocycles. The summed E-state index contributed by atoms with van der Waals surface area (Å²) in [6.45, 7) is 11.7. The number of rotatable bonds is 20. The van der Waals surface area contributed by atoms with Crippen LogP contribution in [-0.2, 0) is 162 Å². The molecule has 8 heterocycles. The average Bonchev–Trinajstić information content (AvgIpc) is 1.61. The molecular weight excluding hydrogens is 1730 g/mol. The van der Waals surface area contributed by atoms with E-state index in [0.717, 1.165) is 194 Å². The molecule has 0 bridgehead atoms. The van der Waals surface area contributed by atoms with Gasteiger partial charge in [0.15, 0.2) is 26.2 Å². The molecule has 4 aromatic carbocycles. The summed E-state index contributed by atoms with van der Waals surface area (Å²) in [5, 5.41) is 27.9. The number of hydrogen-bond acceptors (Lipinski definition) is 25. The van der Waals surface area contributed by atoms with Gasteiger partial charge in [-0.3, -0.25) is 0 Å². The number of hydrogen-bond donors (Lipinski definition) is 9. The lowest BCUT2D eigenvalue weighted by atomic mass is 9.92. The molecule has 125 heavy (non-hydrogen) atoms. The van der Waals surface area contributed by atoms with E-state index in [-0.39, 0.29) is 99.6 Å². The minimum Gasteiger partial charge on any atom is -0.474 e. The first-order chi connectivity index (χ1) is 59.7. The third-order valence-electron chi connectivity index (χ3n) is 24.0. The van der Waals surface area contributed by atoms with Crippen molar-refractivity contribution in [2.45, 2.75) is 232 Å². The number of methoxy groups -OCH3 is 3. The number of ether oxygens (including phenoxy) is 8. The van der Waals surface area contributed by atoms with Crippen molar-refractivity contribution in [2.24, 2.45) is 5.73 Å². The van der Waals surface area contributed by atoms with Gasteiger partial charge >= 0.3 is 24.1 Å². The summed E-state index contributed by atoms with van der Waals surface area (Å²) in [6.07, 6.45) is 21.3. The molecule has 8 aromatic rings. The van der Waals surface area contributed by atoms with Crippen molar-refractivity contribution in [3.63, 3.8) is 0 Å². The lowest BCUT2D eigenvalue weighted by molar-refractivity contribution is -0.170. The van der Waals surface area contributed by atoms with Gasteiger partial charge in [0.05, 0.1) is 51.0 Å². The van der Waals surface area contributed by atoms with Crippen molar-refractivity contribution in [3.05, 3.63) is 138 Å². The minimum absolute atomic E-state index is 0.0629. The van der Waals surface area contributed by atoms with Crippen LogP contribution in [0.3, 0.4) is 0 Å². The highest BCUT2D eigenvalue weighted by atomic mass is 35.5. The Labute approximate surface area is 728 Å². The number of aryl methyl sites for hydroxylation is 4. The summed E-state index contributed by atoms with van der Waals surface area (Å²) in [6, 6.07) is 4.76. The molecule has 0 radical (unpaired) electrons. The molecule has 37 nitrogen and oxygen atoms in total. The van der Waals surface area contributed by atoms with Gasteiger partial charge in [0, 0.05) is 55.6 Å². The highest BCUT2D eigenvalue weighted by Gasteiger charge is 2.42. The Morgan fingerprint density at radius 1 is 0.464 bits per heavy atom. The SMILES string of the molecule is COC1(F)COc2c(S(=O)(=O)NC(=O)Nc3c4c(cc5c3CCC5)CCC4)cnn2C1.COC1COc2c(S(=O)(=O)NC(=O)Nc3c(C(C)C)cc(Cl)cc3C(C)C)cnn2C1.COC1COc2c(S(=O)(=O)NC(=O)Nc3c4c(c(C)c5c3CCC5)CCC4)cnn2C1.NCCOC1COc2c(S(=O)(=O)NC(=O)Nc3c4c(cc5c3CCC5)CCC4)cnn2C1. The van der Waals surface area contributed by atoms with E-state index in [4.69, 9.17) is 55.2 Å². The molecule has 43 heteroatoms. The number of benzene rings is 4. The zero-order valence-electron chi connectivity index (χ0n) is 70.5. The van der Waals surface area contributed by atoms with Gasteiger partial charge in [-0.15, -0.1) is 0 Å². The molecule has 0 saturated heterocycles. The maximum absolute atomic E-state index is 14.3. The van der Waals surface area contributed by atoms with Gasteiger partial charge in [0.2, 0.25) is 23.5 Å². The van der Waals surface area contributed by atoms with Crippen molar-refractivity contribution in [2.75, 3.05) is 82.2 Å². The van der Waals surface area contributed by atoms with Crippen LogP contribution in [0.25, 0.3) is 0 Å². The molecule has 6 aliphatic carbocycles. The summed E-state index contributed by atoms with van der Waals surface area (Å²) in [4.78, 5) is 50.1. The first kappa shape index (κ1) is 89.6. The molecule has 8 amide bonds. The lowest BCUT2D eigenvalue weighted by Crippen LogP contribution is -2.42. The third-order valence-corrected chi connectivity index (χ3v) is 29.5. The van der Waals surface area contributed by atoms with Crippen LogP contribution < -0.4 is 64.8 Å². The van der Waals surface area contributed by atoms with Crippen molar-refractivity contribution < 1.29 is 95.1 Å². The summed E-state index contributed by atoms with van der Waals surface area (Å²) < 4.78 is 174. The van der Waals surface area contributed by atoms with Crippen LogP contribution in [0.1, 0.15) is 162 Å². The molecule has 4 unspecified atom stereocenters. The maximum Gasteiger partial charge on any atom is 0.333 e. The molecule has 4 atom stereocenters. The highest BCUT2D eigenvalue weighted by Crippen LogP contribution is 2.45. The minimum atomic E-state index is -4.28. The van der Waals surface area contributed by atoms with E-state index >= 15 is 0 Å². The standard InChI is InChI=1S/C21H27N5O5S.C21H26N4O5S.C20H27ClN4O5S.C20H23FN4O5S/c22-7-8-30-15-11-26-20(31-12-15)18(10-23-26)32(28,29)25-21(27)24-19-16-5-1-3-13(16)9-14-4-2-6-17(14)19;1-12-14-5-3-7-16(14)19(17-8-4-6-15(12)17)23-21(26)24-31(27,28)18-9-22-25-10-13(29-2)11-30-20(18)25;1-11(2)15-6-13(21)7-16(12(3)4)18(15)23-20(26)24-31(27,28)17-8-22-25-9-14(29-5)10-30-19(17)25;1-29-20(21)10-25-18(30-11-20)16(9-22-25)31(27,28)24-19(26)23-17-14-6-2-4-12(14)8-13-5-3-7-15(13)17/h9-10,15H,1-8,11-12,22H2,(H2,24,25,27);9,13H,3-8,10-11H2,1-2H3,(H2,23,24,26);6-8,11-12,14H,9-10H2,1-5H3,(H2,23,24,26);8-9H,2-7,10-11H2,1H3,(H2,23,24,26). The number of carbonyl (C=O) groups excluding carboxylic acids is 4. The van der Waals surface area contributed by atoms with E-state index in [1.165, 1.54) is 72.5 Å². The molecule has 4 aliphatic heterocycles. The highest BCUT2D eigenvalue weighted by molar-refractivity contribution is 7.91. The number of urea groups is 4. The van der Waals surface area contributed by atoms with Crippen LogP contribution >= 0.6 is 11.6 Å². The number of amides is 8. The molecule has 0 saturated carbocycles. The van der Waals surface area contributed by atoms with Gasteiger partial charge in [-0.1, -0.05) is 51.4 Å². The van der Waals surface area contributed by atoms with Crippen LogP contribution in [-0.4, -0.2) is 182 Å². The Kier molecular flexibility index (Phi) is 26.3. The summed E-state index contributed by atoms with van der Waals surface area (Å²) in [5.74, 6) is -1.82. The Bertz CT molecular complexity index is 5910. The number of nitrogens with zero attached hydrogens (tertiary/aromatic N) is 8. The molecule has 18 rings (SSSR count). The second-order valence-electron chi connectivity index (χ2n) is 32.9. The van der Waals surface area contributed by atoms with Crippen molar-refractivity contribution >= 4 is 98.6 Å². The number of nitrogens with one attached hydrogen (secondary N) is 8. The number of nitrogens with two attached hydrogens (primary N) is 1. The summed E-state index contributed by atoms with van der Waals surface area (Å²) in [5.41, 5.74) is 25.7. The normalized spacial score (nSPS) is 19.1. The number of anilines is 4. The van der Waals surface area contributed by atoms with E-state index in [9.17, 15) is 57.2 Å². The second kappa shape index (κ2) is 36.6. The molecular formula is C82H103ClFN17O20S4. The van der Waals surface area contributed by atoms with Crippen LogP contribution in [0.15, 0.2) is 68.6 Å². The largest absolute Gasteiger partial charge is 0.474 e. The fraction of sp³-hybridized carbons (Fsp3) is 0.512. The zero-order chi connectivity index (χ0) is 88.8. The van der Waals surface area contributed by atoms with Gasteiger partial charge in [-0.2, -0.15) is 20.4 Å². The fourth-order valence-corrected chi connectivity index (χ4v) is 22.2. The molecule has 10 N–H and O–H groups in total. The summed E-state index contributed by atoms with van der Waals surface area (Å²) in [7, 11) is -12.5. The van der Waals surface area contributed by atoms with E-state index in [1.807, 2.05) is 32.4 Å². The zero-order valence-corrected chi connectivity index (χ0v) is 74.5. The number of sulfonamides is 4. The number of aromatic nitrogens is 8. The van der Waals surface area contributed by atoms with E-state index in [2.05, 4.69) is 74.9 Å². The third kappa shape index (κ3) is 18.8. The molecule has 10 aliphatic rings. The Hall–Kier alpha value is -10.2. The Morgan fingerprint density at radius 2 is 0.776 bits per heavy atom. The molecule has 0 fully saturated rings. The fourth-order valence-electron chi connectivity index (χ4n) is 18.0. The first-order valence-corrected chi connectivity index (χ1v) is 48.0. The van der Waals surface area contributed by atoms with Crippen LogP contribution in [0.4, 0.5) is 46.3 Å². The van der Waals surface area contributed by atoms with Crippen LogP contribution in [0, 0.1) is 6.92 Å². The van der Waals surface area contributed by atoms with Crippen molar-refractivity contribution in [1.29, 1.82) is 0 Å². The molecule has 0 spiro atoms. The van der Waals surface area contributed by atoms with Gasteiger partial charge in [-0.25, -0.2) is 94.9 Å². The summed E-state index contributed by atoms with van der Waals surface area (Å²) >= 11 is 6.25. The van der Waals surface area contributed by atoms with E-state index < -0.39 is 76.7 Å². The number of fused-ring (bicyclic) bond motifs is 10. The Morgan fingerprint density at radius 3 is 1.13 bits per heavy atom. The maximum atomic E-state index is 14.3. The Balaban J connectivity index is 0.000000129. The predicted octanol–water partition coefficient (Wildman–Crippen LogP) is 8.97. The van der Waals surface area contributed by atoms with Gasteiger partial charge < -0.3 is 64.9 Å². The monoisotopic (exact) mass is 1830 g/mol. The predicted molar refractivity (Wildman–Crippen MR) is 455 cm³/mol. The topological polar surface area (TPSA) is 472 Å². The van der Waals surface area contributed by atoms with Crippen molar-refractivity contribution in [3.8, 4) is 23.5 Å². The lowest BCUT2D eigenvalue weighted by Gasteiger charge is -2.29. The van der Waals surface area contributed by atoms with E-state index in [0.29, 0.717) is 43.5 Å². The van der Waals surface area contributed by atoms with Crippen LogP contribution in [0.2, 0.25) is 5.02 Å². The average molecular weight is 1830 g/mol. The number of alkyl halides is 1. The quantitative estimate of drug-likeness (QED) is 0.0343. The number of halogens is 2. The van der Waals surface area contributed by atoms with Gasteiger partial charge in [0.1, 0.15) is 44.7 Å². The smallest absolute Gasteiger partial charge is 0.333 e.